The zero-order valence-corrected chi connectivity index (χ0v) is 8.16. The predicted octanol–water partition coefficient (Wildman–Crippen LogP) is 1.17. The largest absolute Gasteiger partial charge is 0.481 e. The number of ether oxygens (including phenoxy) is 2. The molecule has 0 aromatic rings. The van der Waals surface area contributed by atoms with E-state index in [1.165, 1.54) is 0 Å². The van der Waals surface area contributed by atoms with Gasteiger partial charge in [0, 0.05) is 12.8 Å². The molecule has 1 aliphatic carbocycles. The molecular weight excluding hydrogens is 184 g/mol. The lowest BCUT2D eigenvalue weighted by molar-refractivity contribution is -0.177. The highest BCUT2D eigenvalue weighted by atomic mass is 16.7. The van der Waals surface area contributed by atoms with Crippen molar-refractivity contribution in [2.45, 2.75) is 25.6 Å². The number of carboxylic acids is 1. The summed E-state index contributed by atoms with van der Waals surface area (Å²) in [7, 11) is 0. The van der Waals surface area contributed by atoms with Gasteiger partial charge in [-0.25, -0.2) is 0 Å². The molecule has 2 rings (SSSR count). The van der Waals surface area contributed by atoms with Crippen LogP contribution >= 0.6 is 0 Å². The van der Waals surface area contributed by atoms with E-state index in [0.717, 1.165) is 5.57 Å². The van der Waals surface area contributed by atoms with Crippen LogP contribution in [0.1, 0.15) is 19.8 Å². The number of rotatable bonds is 1. The zero-order valence-electron chi connectivity index (χ0n) is 8.16. The summed E-state index contributed by atoms with van der Waals surface area (Å²) < 4.78 is 11.0. The van der Waals surface area contributed by atoms with Crippen molar-refractivity contribution in [2.75, 3.05) is 13.2 Å². The van der Waals surface area contributed by atoms with Gasteiger partial charge in [0.1, 0.15) is 0 Å². The van der Waals surface area contributed by atoms with Crippen LogP contribution in [-0.2, 0) is 14.3 Å². The van der Waals surface area contributed by atoms with Crippen LogP contribution in [0.5, 0.6) is 0 Å². The third-order valence-corrected chi connectivity index (χ3v) is 2.91. The van der Waals surface area contributed by atoms with Gasteiger partial charge < -0.3 is 14.6 Å². The monoisotopic (exact) mass is 198 g/mol. The highest BCUT2D eigenvalue weighted by Crippen LogP contribution is 2.38. The number of carboxylic acid groups (broad SMARTS) is 1. The molecule has 1 heterocycles. The van der Waals surface area contributed by atoms with Gasteiger partial charge in [-0.05, 0) is 6.92 Å². The first-order chi connectivity index (χ1) is 6.63. The number of hydrogen-bond acceptors (Lipinski definition) is 3. The van der Waals surface area contributed by atoms with Crippen LogP contribution < -0.4 is 0 Å². The van der Waals surface area contributed by atoms with Crippen LogP contribution in [-0.4, -0.2) is 30.1 Å². The lowest BCUT2D eigenvalue weighted by atomic mass is 9.85. The van der Waals surface area contributed by atoms with Gasteiger partial charge in [-0.15, -0.1) is 0 Å². The molecule has 0 saturated carbocycles. The Bertz CT molecular complexity index is 276. The third kappa shape index (κ3) is 1.55. The summed E-state index contributed by atoms with van der Waals surface area (Å²) in [4.78, 5) is 11.0. The van der Waals surface area contributed by atoms with Crippen molar-refractivity contribution in [1.82, 2.24) is 0 Å². The van der Waals surface area contributed by atoms with E-state index in [4.69, 9.17) is 14.6 Å². The van der Waals surface area contributed by atoms with Gasteiger partial charge >= 0.3 is 5.97 Å². The van der Waals surface area contributed by atoms with E-state index >= 15 is 0 Å². The molecule has 0 amide bonds. The minimum atomic E-state index is -0.795. The molecule has 0 aromatic heterocycles. The molecule has 1 N–H and O–H groups in total. The number of carbonyl (C=O) groups is 1. The SMILES string of the molecule is CC1=CCC2(CC1C(=O)O)OCCO2. The molecule has 1 saturated heterocycles. The van der Waals surface area contributed by atoms with Crippen molar-refractivity contribution in [3.8, 4) is 0 Å². The standard InChI is InChI=1S/C10H14O4/c1-7-2-3-10(13-4-5-14-10)6-8(7)9(11)12/h2,8H,3-6H2,1H3,(H,11,12). The maximum atomic E-state index is 11.0. The quantitative estimate of drug-likeness (QED) is 0.642. The van der Waals surface area contributed by atoms with Crippen molar-refractivity contribution < 1.29 is 19.4 Å². The van der Waals surface area contributed by atoms with E-state index < -0.39 is 17.7 Å². The molecule has 4 nitrogen and oxygen atoms in total. The Balaban J connectivity index is 2.18. The Kier molecular flexibility index (Phi) is 2.33. The lowest BCUT2D eigenvalue weighted by Gasteiger charge is -2.33. The minimum Gasteiger partial charge on any atom is -0.481 e. The topological polar surface area (TPSA) is 55.8 Å². The Labute approximate surface area is 82.5 Å². The normalized spacial score (nSPS) is 30.4. The second-order valence-corrected chi connectivity index (χ2v) is 3.85. The van der Waals surface area contributed by atoms with Crippen molar-refractivity contribution in [3.63, 3.8) is 0 Å². The van der Waals surface area contributed by atoms with E-state index in [1.807, 2.05) is 13.0 Å². The molecule has 0 aromatic carbocycles. The molecule has 0 bridgehead atoms. The van der Waals surface area contributed by atoms with Crippen LogP contribution in [0.2, 0.25) is 0 Å². The Morgan fingerprint density at radius 1 is 1.57 bits per heavy atom. The Morgan fingerprint density at radius 2 is 2.21 bits per heavy atom. The zero-order chi connectivity index (χ0) is 10.2. The van der Waals surface area contributed by atoms with Gasteiger partial charge in [0.2, 0.25) is 0 Å². The fraction of sp³-hybridized carbons (Fsp3) is 0.700. The highest BCUT2D eigenvalue weighted by molar-refractivity contribution is 5.73. The fourth-order valence-corrected chi connectivity index (χ4v) is 2.03. The molecule has 1 unspecified atom stereocenters. The summed E-state index contributed by atoms with van der Waals surface area (Å²) in [5.74, 6) is -1.90. The van der Waals surface area contributed by atoms with E-state index in [-0.39, 0.29) is 0 Å². The van der Waals surface area contributed by atoms with Crippen molar-refractivity contribution in [2.24, 2.45) is 5.92 Å². The summed E-state index contributed by atoms with van der Waals surface area (Å²) in [6.07, 6.45) is 3.01. The molecular formula is C10H14O4. The molecule has 1 aliphatic heterocycles. The summed E-state index contributed by atoms with van der Waals surface area (Å²) in [6.45, 7) is 2.99. The molecule has 1 fully saturated rings. The first-order valence-electron chi connectivity index (χ1n) is 4.80. The molecule has 4 heteroatoms. The van der Waals surface area contributed by atoms with Crippen molar-refractivity contribution in [1.29, 1.82) is 0 Å². The molecule has 0 radical (unpaired) electrons. The van der Waals surface area contributed by atoms with E-state index in [1.54, 1.807) is 0 Å². The van der Waals surface area contributed by atoms with Gasteiger partial charge in [-0.2, -0.15) is 0 Å². The van der Waals surface area contributed by atoms with Crippen molar-refractivity contribution in [3.05, 3.63) is 11.6 Å². The smallest absolute Gasteiger partial charge is 0.310 e. The molecule has 14 heavy (non-hydrogen) atoms. The number of hydrogen-bond donors (Lipinski definition) is 1. The van der Waals surface area contributed by atoms with E-state index in [0.29, 0.717) is 26.1 Å². The van der Waals surface area contributed by atoms with Crippen LogP contribution in [0.4, 0.5) is 0 Å². The van der Waals surface area contributed by atoms with Crippen molar-refractivity contribution >= 4 is 5.97 Å². The summed E-state index contributed by atoms with van der Waals surface area (Å²) in [5.41, 5.74) is 0.905. The maximum Gasteiger partial charge on any atom is 0.310 e. The van der Waals surface area contributed by atoms with E-state index in [9.17, 15) is 4.79 Å². The van der Waals surface area contributed by atoms with Gasteiger partial charge in [0.15, 0.2) is 5.79 Å². The summed E-state index contributed by atoms with van der Waals surface area (Å²) in [5, 5.41) is 9.00. The molecule has 78 valence electrons. The second kappa shape index (κ2) is 3.37. The first-order valence-corrected chi connectivity index (χ1v) is 4.80. The Morgan fingerprint density at radius 3 is 2.79 bits per heavy atom. The minimum absolute atomic E-state index is 0.435. The first kappa shape index (κ1) is 9.68. The molecule has 1 spiro atoms. The van der Waals surface area contributed by atoms with Crippen LogP contribution in [0.15, 0.2) is 11.6 Å². The van der Waals surface area contributed by atoms with Gasteiger partial charge in [0.25, 0.3) is 0 Å². The molecule has 1 atom stereocenters. The van der Waals surface area contributed by atoms with Crippen LogP contribution in [0.25, 0.3) is 0 Å². The van der Waals surface area contributed by atoms with Crippen LogP contribution in [0.3, 0.4) is 0 Å². The second-order valence-electron chi connectivity index (χ2n) is 3.85. The number of aliphatic carboxylic acids is 1. The highest BCUT2D eigenvalue weighted by Gasteiger charge is 2.43. The summed E-state index contributed by atoms with van der Waals surface area (Å²) in [6, 6.07) is 0. The van der Waals surface area contributed by atoms with Gasteiger partial charge in [-0.3, -0.25) is 4.79 Å². The van der Waals surface area contributed by atoms with Crippen LogP contribution in [0, 0.1) is 5.92 Å². The third-order valence-electron chi connectivity index (χ3n) is 2.91. The average Bonchev–Trinajstić information content (AvgIpc) is 2.58. The fourth-order valence-electron chi connectivity index (χ4n) is 2.03. The maximum absolute atomic E-state index is 11.0. The Hall–Kier alpha value is -0.870. The molecule has 2 aliphatic rings. The average molecular weight is 198 g/mol. The van der Waals surface area contributed by atoms with E-state index in [2.05, 4.69) is 0 Å². The summed E-state index contributed by atoms with van der Waals surface area (Å²) >= 11 is 0. The van der Waals surface area contributed by atoms with Gasteiger partial charge in [0.05, 0.1) is 19.1 Å². The predicted molar refractivity (Wildman–Crippen MR) is 48.8 cm³/mol. The lowest BCUT2D eigenvalue weighted by Crippen LogP contribution is -2.38. The van der Waals surface area contributed by atoms with Gasteiger partial charge in [-0.1, -0.05) is 11.6 Å².